The van der Waals surface area contributed by atoms with Crippen LogP contribution in [0.15, 0.2) is 34.4 Å². The Bertz CT molecular complexity index is 918. The van der Waals surface area contributed by atoms with Gasteiger partial charge in [0.1, 0.15) is 22.2 Å². The molecule has 0 aliphatic carbocycles. The van der Waals surface area contributed by atoms with Crippen molar-refractivity contribution in [2.75, 3.05) is 14.2 Å². The molecule has 0 unspecified atom stereocenters. The van der Waals surface area contributed by atoms with Gasteiger partial charge >= 0.3 is 0 Å². The molecule has 118 valence electrons. The number of aromatic nitrogens is 2. The van der Waals surface area contributed by atoms with Crippen molar-refractivity contribution in [1.29, 1.82) is 0 Å². The fourth-order valence-corrected chi connectivity index (χ4v) is 3.05. The van der Waals surface area contributed by atoms with Gasteiger partial charge < -0.3 is 14.5 Å². The molecule has 2 aromatic heterocycles. The number of aromatic amines is 1. The Morgan fingerprint density at radius 3 is 2.57 bits per heavy atom. The molecular weight excluding hydrogens is 312 g/mol. The van der Waals surface area contributed by atoms with Gasteiger partial charge in [-0.1, -0.05) is 0 Å². The van der Waals surface area contributed by atoms with Gasteiger partial charge in [0.15, 0.2) is 0 Å². The highest BCUT2D eigenvalue weighted by Crippen LogP contribution is 2.25. The van der Waals surface area contributed by atoms with Crippen molar-refractivity contribution in [2.45, 2.75) is 6.92 Å². The molecule has 3 rings (SSSR count). The van der Waals surface area contributed by atoms with Crippen molar-refractivity contribution in [3.63, 3.8) is 0 Å². The molecule has 23 heavy (non-hydrogen) atoms. The maximum Gasteiger partial charge on any atom is 0.259 e. The van der Waals surface area contributed by atoms with Gasteiger partial charge in [0.05, 0.1) is 19.6 Å². The van der Waals surface area contributed by atoms with Crippen molar-refractivity contribution in [3.05, 3.63) is 51.4 Å². The van der Waals surface area contributed by atoms with Gasteiger partial charge in [-0.3, -0.25) is 4.79 Å². The van der Waals surface area contributed by atoms with Crippen LogP contribution in [0.3, 0.4) is 0 Å². The molecule has 0 aliphatic rings. The zero-order chi connectivity index (χ0) is 16.4. The number of hydrogen-bond acceptors (Lipinski definition) is 5. The minimum Gasteiger partial charge on any atom is -0.497 e. The van der Waals surface area contributed by atoms with Gasteiger partial charge in [0.25, 0.3) is 5.56 Å². The van der Waals surface area contributed by atoms with Gasteiger partial charge in [-0.2, -0.15) is 0 Å². The summed E-state index contributed by atoms with van der Waals surface area (Å²) in [6.07, 6.45) is 1.93. The van der Waals surface area contributed by atoms with E-state index in [-0.39, 0.29) is 5.56 Å². The number of ether oxygens (including phenoxy) is 2. The monoisotopic (exact) mass is 328 g/mol. The van der Waals surface area contributed by atoms with Gasteiger partial charge in [-0.05, 0) is 47.7 Å². The number of hydrogen-bond donors (Lipinski definition) is 1. The Balaban J connectivity index is 2.05. The van der Waals surface area contributed by atoms with E-state index in [0.29, 0.717) is 22.7 Å². The molecule has 2 heterocycles. The zero-order valence-corrected chi connectivity index (χ0v) is 13.9. The summed E-state index contributed by atoms with van der Waals surface area (Å²) in [4.78, 5) is 20.1. The van der Waals surface area contributed by atoms with Crippen molar-refractivity contribution in [1.82, 2.24) is 9.97 Å². The fraction of sp³-hybridized carbons (Fsp3) is 0.176. The Hall–Kier alpha value is -2.60. The van der Waals surface area contributed by atoms with Crippen LogP contribution in [0.4, 0.5) is 0 Å². The summed E-state index contributed by atoms with van der Waals surface area (Å²) in [5.74, 6) is 1.98. The topological polar surface area (TPSA) is 64.2 Å². The first kappa shape index (κ1) is 15.3. The molecule has 0 aliphatic heterocycles. The molecule has 1 aromatic carbocycles. The Kier molecular flexibility index (Phi) is 4.16. The van der Waals surface area contributed by atoms with Crippen LogP contribution in [-0.4, -0.2) is 24.2 Å². The Labute approximate surface area is 137 Å². The van der Waals surface area contributed by atoms with E-state index in [2.05, 4.69) is 9.97 Å². The molecule has 1 N–H and O–H groups in total. The van der Waals surface area contributed by atoms with E-state index in [9.17, 15) is 4.79 Å². The number of rotatable bonds is 4. The summed E-state index contributed by atoms with van der Waals surface area (Å²) in [5.41, 5.74) is 1.64. The minimum atomic E-state index is -0.123. The average Bonchev–Trinajstić information content (AvgIpc) is 3.03. The standard InChI is InChI=1S/C17H16N2O3S/c1-10(6-11-7-12(21-2)9-13(8-11)22-3)15-18-16(20)14-4-5-23-17(14)19-15/h4-9H,1-3H3,(H,18,19,20)/b10-6+. The molecule has 0 radical (unpaired) electrons. The van der Waals surface area contributed by atoms with Crippen LogP contribution in [0.5, 0.6) is 11.5 Å². The third-order valence-electron chi connectivity index (χ3n) is 3.47. The lowest BCUT2D eigenvalue weighted by atomic mass is 10.1. The largest absolute Gasteiger partial charge is 0.497 e. The lowest BCUT2D eigenvalue weighted by Gasteiger charge is -2.07. The highest BCUT2D eigenvalue weighted by Gasteiger charge is 2.07. The summed E-state index contributed by atoms with van der Waals surface area (Å²) in [7, 11) is 3.22. The number of nitrogens with one attached hydrogen (secondary N) is 1. The first-order valence-corrected chi connectivity index (χ1v) is 7.88. The molecular formula is C17H16N2O3S. The lowest BCUT2D eigenvalue weighted by Crippen LogP contribution is -2.09. The maximum atomic E-state index is 12.1. The number of methoxy groups -OCH3 is 2. The van der Waals surface area contributed by atoms with E-state index in [1.165, 1.54) is 11.3 Å². The quantitative estimate of drug-likeness (QED) is 0.795. The van der Waals surface area contributed by atoms with Gasteiger partial charge in [0.2, 0.25) is 0 Å². The molecule has 0 saturated carbocycles. The summed E-state index contributed by atoms with van der Waals surface area (Å²) in [6.45, 7) is 1.91. The van der Waals surface area contributed by atoms with Gasteiger partial charge in [-0.15, -0.1) is 11.3 Å². The van der Waals surface area contributed by atoms with Crippen LogP contribution in [0.1, 0.15) is 18.3 Å². The number of nitrogens with zero attached hydrogens (tertiary/aromatic N) is 1. The number of allylic oxidation sites excluding steroid dienone is 1. The zero-order valence-electron chi connectivity index (χ0n) is 13.0. The maximum absolute atomic E-state index is 12.1. The van der Waals surface area contributed by atoms with E-state index < -0.39 is 0 Å². The van der Waals surface area contributed by atoms with Crippen molar-refractivity contribution >= 4 is 33.2 Å². The summed E-state index contributed by atoms with van der Waals surface area (Å²) in [6, 6.07) is 7.38. The minimum absolute atomic E-state index is 0.123. The molecule has 0 saturated heterocycles. The van der Waals surface area contributed by atoms with Crippen LogP contribution in [-0.2, 0) is 0 Å². The molecule has 5 nitrogen and oxygen atoms in total. The van der Waals surface area contributed by atoms with Crippen LogP contribution < -0.4 is 15.0 Å². The third-order valence-corrected chi connectivity index (χ3v) is 4.27. The highest BCUT2D eigenvalue weighted by molar-refractivity contribution is 7.16. The van der Waals surface area contributed by atoms with Crippen molar-refractivity contribution < 1.29 is 9.47 Å². The average molecular weight is 328 g/mol. The van der Waals surface area contributed by atoms with Gasteiger partial charge in [-0.25, -0.2) is 4.98 Å². The fourth-order valence-electron chi connectivity index (χ4n) is 2.28. The molecule has 6 heteroatoms. The van der Waals surface area contributed by atoms with E-state index >= 15 is 0 Å². The van der Waals surface area contributed by atoms with E-state index in [4.69, 9.17) is 9.47 Å². The van der Waals surface area contributed by atoms with Gasteiger partial charge in [0, 0.05) is 6.07 Å². The van der Waals surface area contributed by atoms with Crippen LogP contribution >= 0.6 is 11.3 Å². The third kappa shape index (κ3) is 3.12. The smallest absolute Gasteiger partial charge is 0.259 e. The molecule has 0 atom stereocenters. The predicted octanol–water partition coefficient (Wildman–Crippen LogP) is 3.56. The molecule has 0 fully saturated rings. The molecule has 0 spiro atoms. The molecule has 3 aromatic rings. The van der Waals surface area contributed by atoms with Crippen LogP contribution in [0, 0.1) is 0 Å². The number of thiophene rings is 1. The van der Waals surface area contributed by atoms with E-state index in [0.717, 1.165) is 16.0 Å². The van der Waals surface area contributed by atoms with Crippen molar-refractivity contribution in [3.8, 4) is 11.5 Å². The summed E-state index contributed by atoms with van der Waals surface area (Å²) < 4.78 is 10.5. The first-order chi connectivity index (χ1) is 11.1. The molecule has 0 bridgehead atoms. The second kappa shape index (κ2) is 6.26. The predicted molar refractivity (Wildman–Crippen MR) is 93.3 cm³/mol. The summed E-state index contributed by atoms with van der Waals surface area (Å²) >= 11 is 1.45. The SMILES string of the molecule is COc1cc(/C=C(\C)c2nc3sccc3c(=O)[nH]2)cc(OC)c1. The van der Waals surface area contributed by atoms with E-state index in [1.807, 2.05) is 36.6 Å². The Morgan fingerprint density at radius 2 is 1.91 bits per heavy atom. The summed E-state index contributed by atoms with van der Waals surface area (Å²) in [5, 5.41) is 2.48. The van der Waals surface area contributed by atoms with Crippen molar-refractivity contribution in [2.24, 2.45) is 0 Å². The normalized spacial score (nSPS) is 11.7. The second-order valence-electron chi connectivity index (χ2n) is 5.03. The van der Waals surface area contributed by atoms with E-state index in [1.54, 1.807) is 20.3 Å². The number of H-pyrrole nitrogens is 1. The van der Waals surface area contributed by atoms with Crippen LogP contribution in [0.25, 0.3) is 21.9 Å². The Morgan fingerprint density at radius 1 is 1.22 bits per heavy atom. The first-order valence-electron chi connectivity index (χ1n) is 7.00. The van der Waals surface area contributed by atoms with Crippen LogP contribution in [0.2, 0.25) is 0 Å². The second-order valence-corrected chi connectivity index (χ2v) is 5.92. The number of benzene rings is 1. The lowest BCUT2D eigenvalue weighted by molar-refractivity contribution is 0.394. The highest BCUT2D eigenvalue weighted by atomic mass is 32.1. The number of fused-ring (bicyclic) bond motifs is 1. The molecule has 0 amide bonds.